The van der Waals surface area contributed by atoms with Crippen molar-refractivity contribution >= 4 is 0 Å². The molecule has 1 saturated heterocycles. The van der Waals surface area contributed by atoms with Crippen LogP contribution in [0.5, 0.6) is 0 Å². The lowest BCUT2D eigenvalue weighted by Crippen LogP contribution is -2.63. The van der Waals surface area contributed by atoms with Crippen LogP contribution in [0.4, 0.5) is 0 Å². The molecule has 2 bridgehead atoms. The van der Waals surface area contributed by atoms with Gasteiger partial charge in [-0.25, -0.2) is 0 Å². The van der Waals surface area contributed by atoms with E-state index in [-0.39, 0.29) is 6.10 Å². The van der Waals surface area contributed by atoms with E-state index >= 15 is 0 Å². The zero-order valence-corrected chi connectivity index (χ0v) is 9.95. The molecule has 4 rings (SSSR count). The number of likely N-dealkylation sites (tertiary alicyclic amines) is 1. The third-order valence-electron chi connectivity index (χ3n) is 5.49. The molecule has 1 aliphatic heterocycles. The highest BCUT2D eigenvalue weighted by atomic mass is 16.3. The average molecular weight is 209 g/mol. The molecular weight excluding hydrogens is 186 g/mol. The first-order chi connectivity index (χ1) is 7.10. The molecule has 1 heterocycles. The molecule has 4 atom stereocenters. The maximum atomic E-state index is 10.4. The van der Waals surface area contributed by atoms with Crippen LogP contribution in [-0.2, 0) is 0 Å². The molecule has 2 heteroatoms. The fraction of sp³-hybridized carbons (Fsp3) is 1.00. The van der Waals surface area contributed by atoms with Gasteiger partial charge >= 0.3 is 0 Å². The molecule has 1 N–H and O–H groups in total. The minimum absolute atomic E-state index is 0.0527. The van der Waals surface area contributed by atoms with E-state index in [2.05, 4.69) is 18.7 Å². The van der Waals surface area contributed by atoms with Crippen LogP contribution in [0.2, 0.25) is 0 Å². The second-order valence-corrected chi connectivity index (χ2v) is 6.40. The van der Waals surface area contributed by atoms with Crippen LogP contribution in [0, 0.1) is 17.3 Å². The molecule has 0 aromatic carbocycles. The highest BCUT2D eigenvalue weighted by Crippen LogP contribution is 2.59. The third-order valence-corrected chi connectivity index (χ3v) is 5.49. The van der Waals surface area contributed by atoms with Crippen molar-refractivity contribution in [1.29, 1.82) is 0 Å². The number of nitrogens with zero attached hydrogens (tertiary/aromatic N) is 1. The van der Waals surface area contributed by atoms with Crippen molar-refractivity contribution in [2.24, 2.45) is 17.3 Å². The van der Waals surface area contributed by atoms with Gasteiger partial charge < -0.3 is 5.11 Å². The minimum Gasteiger partial charge on any atom is -0.391 e. The summed E-state index contributed by atoms with van der Waals surface area (Å²) in [6.45, 7) is 7.13. The topological polar surface area (TPSA) is 23.5 Å². The molecule has 0 aromatic heterocycles. The molecule has 0 aromatic rings. The molecule has 86 valence electrons. The Balaban J connectivity index is 1.74. The fourth-order valence-electron chi connectivity index (χ4n) is 4.17. The number of hydrogen-bond acceptors (Lipinski definition) is 2. The summed E-state index contributed by atoms with van der Waals surface area (Å²) in [5.41, 5.74) is 0.412. The Bertz CT molecular complexity index is 257. The molecule has 3 aliphatic carbocycles. The minimum atomic E-state index is -0.0527. The molecule has 0 spiro atoms. The first kappa shape index (κ1) is 10.1. The summed E-state index contributed by atoms with van der Waals surface area (Å²) in [6.07, 6.45) is 5.13. The van der Waals surface area contributed by atoms with Crippen molar-refractivity contribution in [3.63, 3.8) is 0 Å². The van der Waals surface area contributed by atoms with Crippen molar-refractivity contribution in [1.82, 2.24) is 4.90 Å². The number of fused-ring (bicyclic) bond motifs is 2. The van der Waals surface area contributed by atoms with Gasteiger partial charge in [0.25, 0.3) is 0 Å². The van der Waals surface area contributed by atoms with Gasteiger partial charge in [0.15, 0.2) is 0 Å². The Morgan fingerprint density at radius 3 is 2.33 bits per heavy atom. The lowest BCUT2D eigenvalue weighted by atomic mass is 9.46. The number of rotatable bonds is 1. The largest absolute Gasteiger partial charge is 0.391 e. The van der Waals surface area contributed by atoms with Gasteiger partial charge in [0.2, 0.25) is 0 Å². The van der Waals surface area contributed by atoms with E-state index in [0.29, 0.717) is 17.4 Å². The number of hydrogen-bond donors (Lipinski definition) is 1. The Hall–Kier alpha value is -0.0800. The van der Waals surface area contributed by atoms with E-state index in [4.69, 9.17) is 0 Å². The van der Waals surface area contributed by atoms with Crippen molar-refractivity contribution in [3.05, 3.63) is 0 Å². The molecule has 2 nitrogen and oxygen atoms in total. The van der Waals surface area contributed by atoms with Gasteiger partial charge in [-0.05, 0) is 56.0 Å². The summed E-state index contributed by atoms with van der Waals surface area (Å²) >= 11 is 0. The van der Waals surface area contributed by atoms with Crippen LogP contribution < -0.4 is 0 Å². The third kappa shape index (κ3) is 1.31. The van der Waals surface area contributed by atoms with Gasteiger partial charge in [0.1, 0.15) is 0 Å². The normalized spacial score (nSPS) is 49.0. The summed E-state index contributed by atoms with van der Waals surface area (Å²) in [5.74, 6) is 1.44. The number of aliphatic hydroxyl groups is 1. The molecule has 15 heavy (non-hydrogen) atoms. The van der Waals surface area contributed by atoms with Gasteiger partial charge in [-0.2, -0.15) is 0 Å². The first-order valence-electron chi connectivity index (χ1n) is 6.53. The van der Waals surface area contributed by atoms with Gasteiger partial charge in [0.05, 0.1) is 6.10 Å². The Morgan fingerprint density at radius 2 is 1.80 bits per heavy atom. The van der Waals surface area contributed by atoms with Gasteiger partial charge in [-0.1, -0.05) is 13.8 Å². The first-order valence-corrected chi connectivity index (χ1v) is 6.53. The van der Waals surface area contributed by atoms with E-state index in [1.807, 2.05) is 0 Å². The van der Waals surface area contributed by atoms with E-state index in [0.717, 1.165) is 5.92 Å². The molecular formula is C13H23NO. The lowest BCUT2D eigenvalue weighted by molar-refractivity contribution is -0.174. The van der Waals surface area contributed by atoms with E-state index in [1.165, 1.54) is 38.8 Å². The Kier molecular flexibility index (Phi) is 2.16. The summed E-state index contributed by atoms with van der Waals surface area (Å²) in [4.78, 5) is 2.54. The summed E-state index contributed by atoms with van der Waals surface area (Å²) in [5, 5.41) is 10.4. The van der Waals surface area contributed by atoms with Crippen molar-refractivity contribution in [2.75, 3.05) is 13.1 Å². The summed E-state index contributed by atoms with van der Waals surface area (Å²) in [6, 6.07) is 0.490. The maximum absolute atomic E-state index is 10.4. The molecule has 0 radical (unpaired) electrons. The zero-order valence-electron chi connectivity index (χ0n) is 9.95. The Labute approximate surface area is 92.7 Å². The SMILES string of the molecule is CC1(C)[C@H]2C[C@@H](N3CCCC3)[C@@H](O)[C@@H]1C2. The van der Waals surface area contributed by atoms with Crippen LogP contribution in [0.3, 0.4) is 0 Å². The molecule has 3 saturated carbocycles. The van der Waals surface area contributed by atoms with Crippen molar-refractivity contribution in [3.8, 4) is 0 Å². The monoisotopic (exact) mass is 209 g/mol. The Morgan fingerprint density at radius 1 is 1.13 bits per heavy atom. The van der Waals surface area contributed by atoms with Gasteiger partial charge in [0, 0.05) is 6.04 Å². The number of aliphatic hydroxyl groups excluding tert-OH is 1. The summed E-state index contributed by atoms with van der Waals surface area (Å²) < 4.78 is 0. The predicted octanol–water partition coefficient (Wildman–Crippen LogP) is 1.88. The van der Waals surface area contributed by atoms with E-state index in [1.54, 1.807) is 0 Å². The second kappa shape index (κ2) is 3.21. The zero-order chi connectivity index (χ0) is 10.6. The summed E-state index contributed by atoms with van der Waals surface area (Å²) in [7, 11) is 0. The maximum Gasteiger partial charge on any atom is 0.0728 e. The van der Waals surface area contributed by atoms with Gasteiger partial charge in [-0.15, -0.1) is 0 Å². The van der Waals surface area contributed by atoms with Crippen LogP contribution in [0.15, 0.2) is 0 Å². The standard InChI is InChI=1S/C13H23NO/c1-13(2)9-7-10(13)12(15)11(8-9)14-5-3-4-6-14/h9-12,15H,3-8H2,1-2H3/t9-,10+,11-,12+/m1/s1. The van der Waals surface area contributed by atoms with E-state index < -0.39 is 0 Å². The highest BCUT2D eigenvalue weighted by Gasteiger charge is 2.58. The van der Waals surface area contributed by atoms with E-state index in [9.17, 15) is 5.11 Å². The predicted molar refractivity (Wildman–Crippen MR) is 60.6 cm³/mol. The fourth-order valence-corrected chi connectivity index (χ4v) is 4.17. The average Bonchev–Trinajstić information content (AvgIpc) is 2.70. The quantitative estimate of drug-likeness (QED) is 0.713. The van der Waals surface area contributed by atoms with Crippen LogP contribution in [0.25, 0.3) is 0 Å². The molecule has 0 unspecified atom stereocenters. The van der Waals surface area contributed by atoms with Crippen LogP contribution in [0.1, 0.15) is 39.5 Å². The second-order valence-electron chi connectivity index (χ2n) is 6.40. The highest BCUT2D eigenvalue weighted by molar-refractivity contribution is 5.09. The molecule has 4 fully saturated rings. The van der Waals surface area contributed by atoms with Crippen molar-refractivity contribution < 1.29 is 5.11 Å². The molecule has 0 amide bonds. The smallest absolute Gasteiger partial charge is 0.0728 e. The van der Waals surface area contributed by atoms with Crippen LogP contribution in [-0.4, -0.2) is 35.2 Å². The van der Waals surface area contributed by atoms with Crippen LogP contribution >= 0.6 is 0 Å². The molecule has 4 aliphatic rings. The lowest BCUT2D eigenvalue weighted by Gasteiger charge is -2.62. The van der Waals surface area contributed by atoms with Crippen molar-refractivity contribution in [2.45, 2.75) is 51.7 Å². The van der Waals surface area contributed by atoms with Gasteiger partial charge in [-0.3, -0.25) is 4.90 Å².